The summed E-state index contributed by atoms with van der Waals surface area (Å²) in [6.45, 7) is 3.65. The number of non-ortho nitro benzene ring substituents is 1. The van der Waals surface area contributed by atoms with Gasteiger partial charge in [0.05, 0.1) is 17.1 Å². The molecule has 3 aromatic rings. The van der Waals surface area contributed by atoms with Gasteiger partial charge in [-0.25, -0.2) is 13.9 Å². The highest BCUT2D eigenvalue weighted by Crippen LogP contribution is 2.37. The van der Waals surface area contributed by atoms with Crippen LogP contribution in [0, 0.1) is 15.9 Å². The van der Waals surface area contributed by atoms with Crippen molar-refractivity contribution >= 4 is 29.4 Å². The average Bonchev–Trinajstić information content (AvgIpc) is 3.19. The second-order valence-corrected chi connectivity index (χ2v) is 8.16. The number of nitrogens with zero attached hydrogens (tertiary/aromatic N) is 4. The van der Waals surface area contributed by atoms with Crippen LogP contribution in [-0.4, -0.2) is 32.3 Å². The molecule has 4 rings (SSSR count). The third-order valence-electron chi connectivity index (χ3n) is 5.01. The van der Waals surface area contributed by atoms with Crippen molar-refractivity contribution in [2.75, 3.05) is 11.9 Å². The van der Waals surface area contributed by atoms with Crippen molar-refractivity contribution in [2.24, 2.45) is 0 Å². The number of nitro benzene ring substituents is 1. The molecule has 1 aliphatic rings. The number of carbonyl (C=O) groups is 1. The maximum absolute atomic E-state index is 13.5. The monoisotopic (exact) mass is 469 g/mol. The van der Waals surface area contributed by atoms with E-state index in [0.29, 0.717) is 33.7 Å². The zero-order chi connectivity index (χ0) is 23.5. The SMILES string of the molecule is CCOC(=O)C1=C(C)Nc2nc(SCc3cccc(F)c3)nn2[C@H]1c1ccc([N+](=O)[O-])cc1. The van der Waals surface area contributed by atoms with Crippen LogP contribution in [0.4, 0.5) is 16.0 Å². The van der Waals surface area contributed by atoms with Gasteiger partial charge in [-0.2, -0.15) is 4.98 Å². The van der Waals surface area contributed by atoms with Crippen molar-refractivity contribution < 1.29 is 18.8 Å². The summed E-state index contributed by atoms with van der Waals surface area (Å²) in [4.78, 5) is 27.9. The highest BCUT2D eigenvalue weighted by Gasteiger charge is 2.35. The van der Waals surface area contributed by atoms with Crippen molar-refractivity contribution in [1.29, 1.82) is 0 Å². The zero-order valence-corrected chi connectivity index (χ0v) is 18.6. The molecule has 2 aromatic carbocycles. The number of nitrogens with one attached hydrogen (secondary N) is 1. The molecule has 170 valence electrons. The highest BCUT2D eigenvalue weighted by atomic mass is 32.2. The fourth-order valence-electron chi connectivity index (χ4n) is 3.53. The van der Waals surface area contributed by atoms with Gasteiger partial charge in [0.2, 0.25) is 11.1 Å². The lowest BCUT2D eigenvalue weighted by Crippen LogP contribution is -2.29. The summed E-state index contributed by atoms with van der Waals surface area (Å²) >= 11 is 1.33. The third-order valence-corrected chi connectivity index (χ3v) is 5.91. The summed E-state index contributed by atoms with van der Waals surface area (Å²) in [5, 5.41) is 19.2. The standard InChI is InChI=1S/C22H20FN5O4S/c1-3-32-20(29)18-13(2)24-21-25-22(33-12-14-5-4-6-16(23)11-14)26-27(21)19(18)15-7-9-17(10-8-15)28(30)31/h4-11,19H,3,12H2,1-2H3,(H,24,25,26)/t19-/m0/s1. The minimum absolute atomic E-state index is 0.0591. The number of carbonyl (C=O) groups excluding carboxylic acids is 1. The molecule has 0 amide bonds. The van der Waals surface area contributed by atoms with Crippen LogP contribution in [0.1, 0.15) is 31.0 Å². The van der Waals surface area contributed by atoms with E-state index in [2.05, 4.69) is 15.4 Å². The van der Waals surface area contributed by atoms with Gasteiger partial charge in [0, 0.05) is 23.6 Å². The van der Waals surface area contributed by atoms with Gasteiger partial charge in [-0.1, -0.05) is 23.9 Å². The molecule has 9 nitrogen and oxygen atoms in total. The Morgan fingerprint density at radius 2 is 2.06 bits per heavy atom. The highest BCUT2D eigenvalue weighted by molar-refractivity contribution is 7.98. The van der Waals surface area contributed by atoms with Crippen molar-refractivity contribution in [2.45, 2.75) is 30.8 Å². The van der Waals surface area contributed by atoms with Crippen LogP contribution in [0.2, 0.25) is 0 Å². The number of benzene rings is 2. The molecular weight excluding hydrogens is 449 g/mol. The predicted molar refractivity (Wildman–Crippen MR) is 120 cm³/mol. The Labute approximate surface area is 192 Å². The number of hydrogen-bond donors (Lipinski definition) is 1. The Balaban J connectivity index is 1.70. The fourth-order valence-corrected chi connectivity index (χ4v) is 4.30. The first-order valence-corrected chi connectivity index (χ1v) is 11.1. The number of anilines is 1. The maximum Gasteiger partial charge on any atom is 0.338 e. The largest absolute Gasteiger partial charge is 0.463 e. The Morgan fingerprint density at radius 3 is 2.73 bits per heavy atom. The van der Waals surface area contributed by atoms with Crippen LogP contribution in [0.25, 0.3) is 0 Å². The number of esters is 1. The van der Waals surface area contributed by atoms with Crippen LogP contribution in [-0.2, 0) is 15.3 Å². The molecule has 0 fully saturated rings. The predicted octanol–water partition coefficient (Wildman–Crippen LogP) is 4.47. The number of ether oxygens (including phenoxy) is 1. The molecule has 0 saturated heterocycles. The Morgan fingerprint density at radius 1 is 1.30 bits per heavy atom. The molecular formula is C22H20FN5O4S. The van der Waals surface area contributed by atoms with Crippen LogP contribution in [0.15, 0.2) is 65.0 Å². The van der Waals surface area contributed by atoms with E-state index in [9.17, 15) is 19.3 Å². The van der Waals surface area contributed by atoms with Gasteiger partial charge in [0.1, 0.15) is 11.9 Å². The van der Waals surface area contributed by atoms with Gasteiger partial charge >= 0.3 is 5.97 Å². The molecule has 0 spiro atoms. The number of aromatic nitrogens is 3. The topological polar surface area (TPSA) is 112 Å². The lowest BCUT2D eigenvalue weighted by Gasteiger charge is -2.28. The summed E-state index contributed by atoms with van der Waals surface area (Å²) in [5.41, 5.74) is 2.24. The summed E-state index contributed by atoms with van der Waals surface area (Å²) in [7, 11) is 0. The van der Waals surface area contributed by atoms with E-state index >= 15 is 0 Å². The van der Waals surface area contributed by atoms with Gasteiger partial charge in [-0.05, 0) is 49.2 Å². The van der Waals surface area contributed by atoms with E-state index in [4.69, 9.17) is 4.74 Å². The molecule has 0 radical (unpaired) electrons. The number of hydrogen-bond acceptors (Lipinski definition) is 8. The van der Waals surface area contributed by atoms with Gasteiger partial charge < -0.3 is 10.1 Å². The van der Waals surface area contributed by atoms with Crippen LogP contribution >= 0.6 is 11.8 Å². The normalized spacial score (nSPS) is 15.1. The summed E-state index contributed by atoms with van der Waals surface area (Å²) in [5.74, 6) is 0.0520. The van der Waals surface area contributed by atoms with Crippen molar-refractivity contribution in [3.63, 3.8) is 0 Å². The van der Waals surface area contributed by atoms with Gasteiger partial charge in [-0.3, -0.25) is 10.1 Å². The summed E-state index contributed by atoms with van der Waals surface area (Å²) in [6.07, 6.45) is 0. The second-order valence-electron chi connectivity index (χ2n) is 7.22. The molecule has 11 heteroatoms. The van der Waals surface area contributed by atoms with Gasteiger partial charge in [0.25, 0.3) is 5.69 Å². The number of thioether (sulfide) groups is 1. The molecule has 1 aromatic heterocycles. The molecule has 33 heavy (non-hydrogen) atoms. The number of nitro groups is 1. The van der Waals surface area contributed by atoms with E-state index in [-0.39, 0.29) is 18.1 Å². The van der Waals surface area contributed by atoms with E-state index in [0.717, 1.165) is 5.56 Å². The van der Waals surface area contributed by atoms with E-state index in [1.54, 1.807) is 36.7 Å². The first-order chi connectivity index (χ1) is 15.9. The number of rotatable bonds is 7. The molecule has 1 N–H and O–H groups in total. The van der Waals surface area contributed by atoms with E-state index in [1.807, 2.05) is 6.07 Å². The minimum atomic E-state index is -0.683. The van der Waals surface area contributed by atoms with E-state index < -0.39 is 16.9 Å². The number of allylic oxidation sites excluding steroid dienone is 1. The van der Waals surface area contributed by atoms with Crippen LogP contribution in [0.3, 0.4) is 0 Å². The van der Waals surface area contributed by atoms with Gasteiger partial charge in [-0.15, -0.1) is 5.10 Å². The van der Waals surface area contributed by atoms with Gasteiger partial charge in [0.15, 0.2) is 0 Å². The van der Waals surface area contributed by atoms with Crippen LogP contribution < -0.4 is 5.32 Å². The molecule has 1 aliphatic heterocycles. The minimum Gasteiger partial charge on any atom is -0.463 e. The second kappa shape index (κ2) is 9.41. The lowest BCUT2D eigenvalue weighted by atomic mass is 9.95. The first kappa shape index (κ1) is 22.5. The zero-order valence-electron chi connectivity index (χ0n) is 17.8. The molecule has 0 bridgehead atoms. The average molecular weight is 469 g/mol. The van der Waals surface area contributed by atoms with Crippen LogP contribution in [0.5, 0.6) is 0 Å². The fraction of sp³-hybridized carbons (Fsp3) is 0.227. The maximum atomic E-state index is 13.5. The quantitative estimate of drug-likeness (QED) is 0.233. The smallest absolute Gasteiger partial charge is 0.338 e. The van der Waals surface area contributed by atoms with Crippen molar-refractivity contribution in [3.8, 4) is 0 Å². The molecule has 1 atom stereocenters. The lowest BCUT2D eigenvalue weighted by molar-refractivity contribution is -0.384. The van der Waals surface area contributed by atoms with Crippen molar-refractivity contribution in [3.05, 3.63) is 86.9 Å². The molecule has 0 saturated carbocycles. The van der Waals surface area contributed by atoms with Crippen molar-refractivity contribution in [1.82, 2.24) is 14.8 Å². The number of fused-ring (bicyclic) bond motifs is 1. The Kier molecular flexibility index (Phi) is 6.40. The Hall–Kier alpha value is -3.73. The third kappa shape index (κ3) is 4.72. The molecule has 2 heterocycles. The summed E-state index contributed by atoms with van der Waals surface area (Å²) < 4.78 is 20.3. The molecule has 0 aliphatic carbocycles. The Bertz CT molecular complexity index is 1240. The number of halogens is 1. The molecule has 0 unspecified atom stereocenters. The first-order valence-electron chi connectivity index (χ1n) is 10.1. The summed E-state index contributed by atoms with van der Waals surface area (Å²) in [6, 6.07) is 11.5. The van der Waals surface area contributed by atoms with E-state index in [1.165, 1.54) is 36.0 Å².